The van der Waals surface area contributed by atoms with E-state index in [0.29, 0.717) is 12.5 Å². The molecular formula is C11H13FO. The van der Waals surface area contributed by atoms with Crippen molar-refractivity contribution in [1.29, 1.82) is 0 Å². The maximum absolute atomic E-state index is 13.0. The molecule has 70 valence electrons. The molecule has 0 aliphatic carbocycles. The fourth-order valence-electron chi connectivity index (χ4n) is 1.74. The van der Waals surface area contributed by atoms with Crippen molar-refractivity contribution in [2.24, 2.45) is 0 Å². The van der Waals surface area contributed by atoms with Crippen LogP contribution in [0.2, 0.25) is 0 Å². The molecule has 1 aromatic carbocycles. The third kappa shape index (κ3) is 1.46. The van der Waals surface area contributed by atoms with Crippen LogP contribution in [0.1, 0.15) is 30.9 Å². The Hall–Kier alpha value is -0.890. The van der Waals surface area contributed by atoms with Gasteiger partial charge in [0.1, 0.15) is 5.82 Å². The molecule has 1 aliphatic heterocycles. The topological polar surface area (TPSA) is 9.23 Å². The highest BCUT2D eigenvalue weighted by atomic mass is 19.1. The second kappa shape index (κ2) is 3.11. The van der Waals surface area contributed by atoms with E-state index in [9.17, 15) is 4.39 Å². The van der Waals surface area contributed by atoms with Gasteiger partial charge < -0.3 is 4.74 Å². The summed E-state index contributed by atoms with van der Waals surface area (Å²) in [6, 6.07) is 4.93. The molecule has 0 N–H and O–H groups in total. The molecule has 2 unspecified atom stereocenters. The van der Waals surface area contributed by atoms with Crippen molar-refractivity contribution < 1.29 is 9.13 Å². The predicted molar refractivity (Wildman–Crippen MR) is 49.1 cm³/mol. The summed E-state index contributed by atoms with van der Waals surface area (Å²) in [7, 11) is 0. The fraction of sp³-hybridized carbons (Fsp3) is 0.455. The second-order valence-electron chi connectivity index (χ2n) is 3.65. The molecule has 2 atom stereocenters. The first-order chi connectivity index (χ1) is 6.18. The van der Waals surface area contributed by atoms with Crippen LogP contribution in [0.5, 0.6) is 0 Å². The third-order valence-corrected chi connectivity index (χ3v) is 2.80. The van der Waals surface area contributed by atoms with Gasteiger partial charge in [0, 0.05) is 5.92 Å². The summed E-state index contributed by atoms with van der Waals surface area (Å²) < 4.78 is 18.5. The van der Waals surface area contributed by atoms with E-state index in [4.69, 9.17) is 4.74 Å². The molecule has 1 aromatic rings. The van der Waals surface area contributed by atoms with E-state index in [0.717, 1.165) is 11.1 Å². The fourth-order valence-corrected chi connectivity index (χ4v) is 1.74. The number of halogens is 1. The minimum absolute atomic E-state index is 0.153. The van der Waals surface area contributed by atoms with Crippen molar-refractivity contribution in [3.63, 3.8) is 0 Å². The van der Waals surface area contributed by atoms with E-state index in [2.05, 4.69) is 6.92 Å². The highest BCUT2D eigenvalue weighted by molar-refractivity contribution is 5.32. The van der Waals surface area contributed by atoms with E-state index in [1.165, 1.54) is 6.07 Å². The van der Waals surface area contributed by atoms with Crippen LogP contribution in [0, 0.1) is 5.82 Å². The van der Waals surface area contributed by atoms with E-state index in [-0.39, 0.29) is 11.9 Å². The van der Waals surface area contributed by atoms with Crippen molar-refractivity contribution in [2.45, 2.75) is 32.5 Å². The van der Waals surface area contributed by atoms with Gasteiger partial charge in [-0.2, -0.15) is 0 Å². The van der Waals surface area contributed by atoms with Crippen LogP contribution in [0.4, 0.5) is 4.39 Å². The highest BCUT2D eigenvalue weighted by Crippen LogP contribution is 2.31. The van der Waals surface area contributed by atoms with Crippen LogP contribution < -0.4 is 0 Å². The van der Waals surface area contributed by atoms with E-state index < -0.39 is 0 Å². The predicted octanol–water partition coefficient (Wildman–Crippen LogP) is 2.85. The van der Waals surface area contributed by atoms with Gasteiger partial charge in [0.15, 0.2) is 0 Å². The molecular weight excluding hydrogens is 167 g/mol. The Kier molecular flexibility index (Phi) is 2.08. The Balaban J connectivity index is 2.45. The first-order valence-electron chi connectivity index (χ1n) is 4.58. The van der Waals surface area contributed by atoms with Crippen LogP contribution in [0.25, 0.3) is 0 Å². The van der Waals surface area contributed by atoms with Crippen molar-refractivity contribution in [3.05, 3.63) is 35.1 Å². The lowest BCUT2D eigenvalue weighted by molar-refractivity contribution is 0.0240. The third-order valence-electron chi connectivity index (χ3n) is 2.80. The lowest BCUT2D eigenvalue weighted by atomic mass is 9.90. The summed E-state index contributed by atoms with van der Waals surface area (Å²) in [5.74, 6) is 0.138. The van der Waals surface area contributed by atoms with Crippen molar-refractivity contribution in [1.82, 2.24) is 0 Å². The lowest BCUT2D eigenvalue weighted by Gasteiger charge is -2.28. The molecule has 0 fully saturated rings. The van der Waals surface area contributed by atoms with Gasteiger partial charge in [-0.25, -0.2) is 4.39 Å². The molecule has 0 saturated carbocycles. The number of hydrogen-bond donors (Lipinski definition) is 0. The molecule has 0 amide bonds. The molecule has 0 bridgehead atoms. The van der Waals surface area contributed by atoms with E-state index in [1.54, 1.807) is 6.07 Å². The van der Waals surface area contributed by atoms with E-state index in [1.807, 2.05) is 13.0 Å². The molecule has 0 spiro atoms. The molecule has 1 heterocycles. The first-order valence-corrected chi connectivity index (χ1v) is 4.58. The maximum Gasteiger partial charge on any atom is 0.123 e. The van der Waals surface area contributed by atoms with E-state index >= 15 is 0 Å². The normalized spacial score (nSPS) is 27.0. The summed E-state index contributed by atoms with van der Waals surface area (Å²) in [6.07, 6.45) is 0.189. The largest absolute Gasteiger partial charge is 0.373 e. The smallest absolute Gasteiger partial charge is 0.123 e. The summed E-state index contributed by atoms with van der Waals surface area (Å²) in [6.45, 7) is 4.71. The van der Waals surface area contributed by atoms with Gasteiger partial charge in [0.25, 0.3) is 0 Å². The second-order valence-corrected chi connectivity index (χ2v) is 3.65. The molecule has 1 aliphatic rings. The van der Waals surface area contributed by atoms with Gasteiger partial charge in [-0.05, 0) is 30.2 Å². The van der Waals surface area contributed by atoms with Gasteiger partial charge in [-0.3, -0.25) is 0 Å². The summed E-state index contributed by atoms with van der Waals surface area (Å²) in [5.41, 5.74) is 2.21. The molecule has 1 nitrogen and oxygen atoms in total. The SMILES string of the molecule is CC1OCc2ccc(F)cc2C1C. The van der Waals surface area contributed by atoms with Crippen LogP contribution in [0.15, 0.2) is 18.2 Å². The maximum atomic E-state index is 13.0. The van der Waals surface area contributed by atoms with Crippen molar-refractivity contribution >= 4 is 0 Å². The zero-order chi connectivity index (χ0) is 9.42. The Bertz CT molecular complexity index is 322. The Morgan fingerprint density at radius 2 is 2.15 bits per heavy atom. The monoisotopic (exact) mass is 180 g/mol. The van der Waals surface area contributed by atoms with Crippen molar-refractivity contribution in [2.75, 3.05) is 0 Å². The zero-order valence-corrected chi connectivity index (χ0v) is 7.88. The highest BCUT2D eigenvalue weighted by Gasteiger charge is 2.23. The average molecular weight is 180 g/mol. The Morgan fingerprint density at radius 1 is 1.38 bits per heavy atom. The molecule has 0 saturated heterocycles. The van der Waals surface area contributed by atoms with Crippen LogP contribution in [-0.4, -0.2) is 6.10 Å². The van der Waals surface area contributed by atoms with Crippen LogP contribution >= 0.6 is 0 Å². The average Bonchev–Trinajstić information content (AvgIpc) is 2.12. The Morgan fingerprint density at radius 3 is 2.92 bits per heavy atom. The standard InChI is InChI=1S/C11H13FO/c1-7-8(2)13-6-9-3-4-10(12)5-11(7)9/h3-5,7-8H,6H2,1-2H3. The van der Waals surface area contributed by atoms with Crippen LogP contribution in [0.3, 0.4) is 0 Å². The number of benzene rings is 1. The van der Waals surface area contributed by atoms with Gasteiger partial charge >= 0.3 is 0 Å². The van der Waals surface area contributed by atoms with Gasteiger partial charge in [0.05, 0.1) is 12.7 Å². The number of fused-ring (bicyclic) bond motifs is 1. The van der Waals surface area contributed by atoms with Gasteiger partial charge in [0.2, 0.25) is 0 Å². The molecule has 0 aromatic heterocycles. The summed E-state index contributed by atoms with van der Waals surface area (Å²) >= 11 is 0. The Labute approximate surface area is 77.5 Å². The minimum Gasteiger partial charge on any atom is -0.373 e. The van der Waals surface area contributed by atoms with Crippen LogP contribution in [-0.2, 0) is 11.3 Å². The van der Waals surface area contributed by atoms with Crippen molar-refractivity contribution in [3.8, 4) is 0 Å². The minimum atomic E-state index is -0.153. The van der Waals surface area contributed by atoms with Gasteiger partial charge in [-0.1, -0.05) is 13.0 Å². The number of rotatable bonds is 0. The molecule has 2 heteroatoms. The number of hydrogen-bond acceptors (Lipinski definition) is 1. The molecule has 2 rings (SSSR count). The quantitative estimate of drug-likeness (QED) is 0.596. The zero-order valence-electron chi connectivity index (χ0n) is 7.88. The van der Waals surface area contributed by atoms with Gasteiger partial charge in [-0.15, -0.1) is 0 Å². The number of ether oxygens (including phenoxy) is 1. The lowest BCUT2D eigenvalue weighted by Crippen LogP contribution is -2.23. The summed E-state index contributed by atoms with van der Waals surface area (Å²) in [4.78, 5) is 0. The molecule has 13 heavy (non-hydrogen) atoms. The first kappa shape index (κ1) is 8.70. The summed E-state index contributed by atoms with van der Waals surface area (Å²) in [5, 5.41) is 0. The molecule has 0 radical (unpaired) electrons.